The Hall–Kier alpha value is -4.57. The average Bonchev–Trinajstić information content (AvgIpc) is 3.24. The number of hydrogen-bond acceptors (Lipinski definition) is 6. The van der Waals surface area contributed by atoms with E-state index in [1.165, 1.54) is 36.3 Å². The molecule has 0 aromatic heterocycles. The van der Waals surface area contributed by atoms with Gasteiger partial charge in [0.15, 0.2) is 11.5 Å². The second kappa shape index (κ2) is 12.5. The average molecular weight is 546 g/mol. The van der Waals surface area contributed by atoms with Gasteiger partial charge in [-0.1, -0.05) is 72.8 Å². The lowest BCUT2D eigenvalue weighted by Gasteiger charge is -2.28. The molecule has 3 aromatic carbocycles. The smallest absolute Gasteiger partial charge is 0.416 e. The van der Waals surface area contributed by atoms with Crippen molar-refractivity contribution in [3.05, 3.63) is 107 Å². The van der Waals surface area contributed by atoms with E-state index >= 15 is 0 Å². The number of rotatable bonds is 10. The summed E-state index contributed by atoms with van der Waals surface area (Å²) >= 11 is 0. The molecule has 0 aliphatic carbocycles. The number of hydrogen-bond donors (Lipinski definition) is 3. The number of benzene rings is 3. The van der Waals surface area contributed by atoms with Gasteiger partial charge in [-0.05, 0) is 48.1 Å². The first-order chi connectivity index (χ1) is 19.3. The number of guanidine groups is 1. The monoisotopic (exact) mass is 545 g/mol. The van der Waals surface area contributed by atoms with Crippen LogP contribution in [0.1, 0.15) is 29.5 Å². The lowest BCUT2D eigenvalue weighted by molar-refractivity contribution is -0.131. The molecule has 10 heteroatoms. The standard InChI is InChI=1S/C30H32FN5O4/c1-40-29(39)35(26(37)25(32)20-21-14-16-24(31)17-15-21)18-8-9-19-36-27(38)30(34-28(36)33,22-10-4-2-5-11-22)23-12-6-3-7-13-23/h2-7,10-17,25H,8-9,18-20,32H2,1H3,(H2,33,34)/t25-/m0/s1. The molecule has 1 atom stereocenters. The normalized spacial score (nSPS) is 14.9. The highest BCUT2D eigenvalue weighted by atomic mass is 19.1. The van der Waals surface area contributed by atoms with Crippen LogP contribution in [-0.4, -0.2) is 59.9 Å². The van der Waals surface area contributed by atoms with E-state index in [-0.39, 0.29) is 31.4 Å². The molecule has 0 bridgehead atoms. The van der Waals surface area contributed by atoms with E-state index in [1.54, 1.807) is 0 Å². The van der Waals surface area contributed by atoms with Crippen LogP contribution in [0.3, 0.4) is 0 Å². The molecular weight excluding hydrogens is 513 g/mol. The minimum Gasteiger partial charge on any atom is -0.452 e. The fourth-order valence-corrected chi connectivity index (χ4v) is 4.85. The summed E-state index contributed by atoms with van der Waals surface area (Å²) in [6.45, 7) is 0.227. The van der Waals surface area contributed by atoms with Crippen molar-refractivity contribution in [2.75, 3.05) is 20.2 Å². The van der Waals surface area contributed by atoms with Gasteiger partial charge in [0.25, 0.3) is 5.91 Å². The SMILES string of the molecule is COC(=O)N(CCCCN1C(=N)NC(c2ccccc2)(c2ccccc2)C1=O)C(=O)[C@@H](N)Cc1ccc(F)cc1. The molecule has 9 nitrogen and oxygen atoms in total. The molecule has 0 unspecified atom stereocenters. The number of amides is 3. The van der Waals surface area contributed by atoms with Crippen molar-refractivity contribution in [2.45, 2.75) is 30.8 Å². The van der Waals surface area contributed by atoms with E-state index in [0.29, 0.717) is 18.4 Å². The number of unbranched alkanes of at least 4 members (excludes halogenated alkanes) is 1. The number of methoxy groups -OCH3 is 1. The van der Waals surface area contributed by atoms with E-state index in [4.69, 9.17) is 15.9 Å². The molecular formula is C30H32FN5O4. The van der Waals surface area contributed by atoms with Gasteiger partial charge >= 0.3 is 6.09 Å². The van der Waals surface area contributed by atoms with Crippen LogP contribution < -0.4 is 11.1 Å². The third-order valence-corrected chi connectivity index (χ3v) is 6.92. The van der Waals surface area contributed by atoms with Gasteiger partial charge < -0.3 is 15.8 Å². The largest absolute Gasteiger partial charge is 0.452 e. The molecule has 0 spiro atoms. The van der Waals surface area contributed by atoms with Crippen LogP contribution in [0.4, 0.5) is 9.18 Å². The number of carbonyl (C=O) groups is 3. The summed E-state index contributed by atoms with van der Waals surface area (Å²) in [4.78, 5) is 41.5. The molecule has 1 aliphatic rings. The second-order valence-corrected chi connectivity index (χ2v) is 9.52. The van der Waals surface area contributed by atoms with Gasteiger partial charge in [0, 0.05) is 13.1 Å². The lowest BCUT2D eigenvalue weighted by Crippen LogP contribution is -2.48. The van der Waals surface area contributed by atoms with Gasteiger partial charge in [-0.25, -0.2) is 14.1 Å². The van der Waals surface area contributed by atoms with Gasteiger partial charge in [0.2, 0.25) is 5.91 Å². The Morgan fingerprint density at radius 1 is 1.00 bits per heavy atom. The molecule has 3 amide bonds. The zero-order chi connectivity index (χ0) is 28.7. The molecule has 1 heterocycles. The molecule has 1 fully saturated rings. The number of nitrogens with zero attached hydrogens (tertiary/aromatic N) is 2. The summed E-state index contributed by atoms with van der Waals surface area (Å²) < 4.78 is 18.0. The van der Waals surface area contributed by atoms with E-state index in [9.17, 15) is 18.8 Å². The lowest BCUT2D eigenvalue weighted by atomic mass is 9.82. The first-order valence-corrected chi connectivity index (χ1v) is 13.0. The van der Waals surface area contributed by atoms with Crippen molar-refractivity contribution < 1.29 is 23.5 Å². The predicted octanol–water partition coefficient (Wildman–Crippen LogP) is 3.38. The van der Waals surface area contributed by atoms with Gasteiger partial charge in [0.1, 0.15) is 5.82 Å². The summed E-state index contributed by atoms with van der Waals surface area (Å²) in [5.74, 6) is -1.32. The van der Waals surface area contributed by atoms with Crippen LogP contribution in [0.5, 0.6) is 0 Å². The number of ether oxygens (including phenoxy) is 1. The van der Waals surface area contributed by atoms with Gasteiger partial charge in [-0.2, -0.15) is 0 Å². The maximum Gasteiger partial charge on any atom is 0.416 e. The highest BCUT2D eigenvalue weighted by molar-refractivity contribution is 6.10. The third-order valence-electron chi connectivity index (χ3n) is 6.92. The maximum atomic E-state index is 13.9. The van der Waals surface area contributed by atoms with Gasteiger partial charge in [-0.3, -0.25) is 19.9 Å². The molecule has 40 heavy (non-hydrogen) atoms. The Labute approximate surface area is 232 Å². The summed E-state index contributed by atoms with van der Waals surface area (Å²) in [6, 6.07) is 23.1. The van der Waals surface area contributed by atoms with E-state index < -0.39 is 29.4 Å². The van der Waals surface area contributed by atoms with Gasteiger partial charge in [-0.15, -0.1) is 0 Å². The van der Waals surface area contributed by atoms with Crippen LogP contribution in [0.2, 0.25) is 0 Å². The first-order valence-electron chi connectivity index (χ1n) is 13.0. The zero-order valence-electron chi connectivity index (χ0n) is 22.2. The van der Waals surface area contributed by atoms with Crippen molar-refractivity contribution >= 4 is 23.9 Å². The molecule has 0 saturated carbocycles. The number of nitrogens with one attached hydrogen (secondary N) is 2. The summed E-state index contributed by atoms with van der Waals surface area (Å²) in [5, 5.41) is 11.7. The van der Waals surface area contributed by atoms with E-state index in [1.807, 2.05) is 60.7 Å². The fraction of sp³-hybridized carbons (Fsp3) is 0.267. The first kappa shape index (κ1) is 28.4. The van der Waals surface area contributed by atoms with Crippen LogP contribution in [-0.2, 0) is 26.3 Å². The molecule has 4 rings (SSSR count). The van der Waals surface area contributed by atoms with Gasteiger partial charge in [0.05, 0.1) is 13.2 Å². The Kier molecular flexibility index (Phi) is 8.90. The van der Waals surface area contributed by atoms with Crippen LogP contribution in [0, 0.1) is 11.2 Å². The Balaban J connectivity index is 1.42. The molecule has 208 valence electrons. The van der Waals surface area contributed by atoms with Crippen LogP contribution >= 0.6 is 0 Å². The highest BCUT2D eigenvalue weighted by Gasteiger charge is 2.51. The Morgan fingerprint density at radius 2 is 1.57 bits per heavy atom. The van der Waals surface area contributed by atoms with Crippen molar-refractivity contribution in [1.29, 1.82) is 5.41 Å². The predicted molar refractivity (Wildman–Crippen MR) is 148 cm³/mol. The van der Waals surface area contributed by atoms with E-state index in [0.717, 1.165) is 16.0 Å². The minimum absolute atomic E-state index is 0.0218. The summed E-state index contributed by atoms with van der Waals surface area (Å²) in [6.07, 6.45) is 0.0472. The van der Waals surface area contributed by atoms with Crippen molar-refractivity contribution in [1.82, 2.24) is 15.1 Å². The maximum absolute atomic E-state index is 13.9. The Bertz CT molecular complexity index is 1310. The molecule has 1 saturated heterocycles. The molecule has 4 N–H and O–H groups in total. The number of carbonyl (C=O) groups excluding carboxylic acids is 3. The number of imide groups is 1. The van der Waals surface area contributed by atoms with E-state index in [2.05, 4.69) is 5.32 Å². The van der Waals surface area contributed by atoms with Crippen molar-refractivity contribution in [3.63, 3.8) is 0 Å². The molecule has 1 aliphatic heterocycles. The van der Waals surface area contributed by atoms with Crippen molar-refractivity contribution in [3.8, 4) is 0 Å². The minimum atomic E-state index is -1.24. The molecule has 0 radical (unpaired) electrons. The summed E-state index contributed by atoms with van der Waals surface area (Å²) in [7, 11) is 1.18. The Morgan fingerprint density at radius 3 is 2.12 bits per heavy atom. The fourth-order valence-electron chi connectivity index (χ4n) is 4.85. The summed E-state index contributed by atoms with van der Waals surface area (Å²) in [5.41, 5.74) is 6.94. The zero-order valence-corrected chi connectivity index (χ0v) is 22.2. The molecule has 3 aromatic rings. The highest BCUT2D eigenvalue weighted by Crippen LogP contribution is 2.35. The number of nitrogens with two attached hydrogens (primary N) is 1. The van der Waals surface area contributed by atoms with Crippen molar-refractivity contribution in [2.24, 2.45) is 5.73 Å². The number of halogens is 1. The topological polar surface area (TPSA) is 129 Å². The quantitative estimate of drug-likeness (QED) is 0.335. The third kappa shape index (κ3) is 5.86. The van der Waals surface area contributed by atoms with Crippen LogP contribution in [0.25, 0.3) is 0 Å². The van der Waals surface area contributed by atoms with Crippen LogP contribution in [0.15, 0.2) is 84.9 Å². The second-order valence-electron chi connectivity index (χ2n) is 9.52.